The first-order chi connectivity index (χ1) is 14.6. The van der Waals surface area contributed by atoms with E-state index in [1.54, 1.807) is 23.4 Å². The lowest BCUT2D eigenvalue weighted by molar-refractivity contribution is -0.138. The summed E-state index contributed by atoms with van der Waals surface area (Å²) in [6.07, 6.45) is 2.96. The van der Waals surface area contributed by atoms with E-state index in [4.69, 9.17) is 4.74 Å². The highest BCUT2D eigenvalue weighted by Crippen LogP contribution is 2.47. The molecule has 2 aromatic carbocycles. The number of rotatable bonds is 6. The van der Waals surface area contributed by atoms with Gasteiger partial charge in [0.15, 0.2) is 0 Å². The molecule has 1 N–H and O–H groups in total. The maximum absolute atomic E-state index is 13.0. The molecule has 0 radical (unpaired) electrons. The molecule has 1 aliphatic rings. The number of ether oxygens (including phenoxy) is 1. The number of methoxy groups -OCH3 is 1. The molecule has 1 aromatic heterocycles. The van der Waals surface area contributed by atoms with E-state index in [-0.39, 0.29) is 6.42 Å². The van der Waals surface area contributed by atoms with Crippen LogP contribution >= 0.6 is 0 Å². The summed E-state index contributed by atoms with van der Waals surface area (Å²) in [5.41, 5.74) is 4.87. The van der Waals surface area contributed by atoms with Gasteiger partial charge in [-0.1, -0.05) is 54.6 Å². The minimum atomic E-state index is -0.975. The number of carbonyl (C=O) groups is 2. The van der Waals surface area contributed by atoms with E-state index in [1.807, 2.05) is 54.6 Å². The van der Waals surface area contributed by atoms with E-state index < -0.39 is 24.1 Å². The van der Waals surface area contributed by atoms with Crippen molar-refractivity contribution >= 4 is 12.1 Å². The van der Waals surface area contributed by atoms with Crippen molar-refractivity contribution in [1.29, 1.82) is 0 Å². The lowest BCUT2D eigenvalue weighted by atomic mass is 9.97. The molecule has 6 heteroatoms. The lowest BCUT2D eigenvalue weighted by Gasteiger charge is -2.36. The Bertz CT molecular complexity index is 1020. The van der Waals surface area contributed by atoms with Gasteiger partial charge in [0.25, 0.3) is 0 Å². The number of fused-ring (bicyclic) bond motifs is 3. The quantitative estimate of drug-likeness (QED) is 0.665. The molecular weight excluding hydrogens is 380 g/mol. The highest BCUT2D eigenvalue weighted by atomic mass is 16.5. The highest BCUT2D eigenvalue weighted by Gasteiger charge is 2.40. The summed E-state index contributed by atoms with van der Waals surface area (Å²) >= 11 is 0. The van der Waals surface area contributed by atoms with Crippen LogP contribution < -0.4 is 0 Å². The molecule has 1 amide bonds. The van der Waals surface area contributed by atoms with Crippen LogP contribution in [0.4, 0.5) is 4.79 Å². The number of carboxylic acid groups (broad SMARTS) is 1. The van der Waals surface area contributed by atoms with Crippen molar-refractivity contribution in [2.45, 2.75) is 24.9 Å². The number of carboxylic acids is 1. The molecule has 4 rings (SSSR count). The van der Waals surface area contributed by atoms with Crippen LogP contribution in [0.15, 0.2) is 73.1 Å². The minimum absolute atomic E-state index is 0.204. The van der Waals surface area contributed by atoms with E-state index in [1.165, 1.54) is 7.11 Å². The summed E-state index contributed by atoms with van der Waals surface area (Å²) in [6.45, 7) is 0. The third-order valence-corrected chi connectivity index (χ3v) is 5.46. The van der Waals surface area contributed by atoms with E-state index in [0.29, 0.717) is 6.42 Å². The van der Waals surface area contributed by atoms with E-state index in [9.17, 15) is 14.7 Å². The fourth-order valence-electron chi connectivity index (χ4n) is 4.26. The third-order valence-electron chi connectivity index (χ3n) is 5.46. The van der Waals surface area contributed by atoms with Gasteiger partial charge in [0.1, 0.15) is 0 Å². The maximum Gasteiger partial charge on any atom is 0.410 e. The number of carbonyl (C=O) groups excluding carboxylic acids is 1. The number of hydrogen-bond donors (Lipinski definition) is 1. The number of hydrogen-bond acceptors (Lipinski definition) is 4. The van der Waals surface area contributed by atoms with Gasteiger partial charge in [0.05, 0.1) is 25.6 Å². The number of nitrogens with zero attached hydrogens (tertiary/aromatic N) is 2. The summed E-state index contributed by atoms with van der Waals surface area (Å²) in [6, 6.07) is 18.5. The van der Waals surface area contributed by atoms with Crippen LogP contribution in [0.1, 0.15) is 29.2 Å². The van der Waals surface area contributed by atoms with Crippen LogP contribution in [0, 0.1) is 0 Å². The normalized spacial score (nSPS) is 13.2. The van der Waals surface area contributed by atoms with Crippen LogP contribution in [0.2, 0.25) is 0 Å². The van der Waals surface area contributed by atoms with Gasteiger partial charge in [-0.25, -0.2) is 4.79 Å². The van der Waals surface area contributed by atoms with Crippen LogP contribution in [-0.2, 0) is 16.0 Å². The maximum atomic E-state index is 13.0. The van der Waals surface area contributed by atoms with Gasteiger partial charge >= 0.3 is 12.1 Å². The molecule has 1 aliphatic carbocycles. The predicted molar refractivity (Wildman–Crippen MR) is 112 cm³/mol. The molecule has 0 spiro atoms. The van der Waals surface area contributed by atoms with E-state index >= 15 is 0 Å². The molecule has 0 bridgehead atoms. The molecule has 0 aliphatic heterocycles. The first-order valence-electron chi connectivity index (χ1n) is 9.75. The zero-order chi connectivity index (χ0) is 21.1. The number of aliphatic carboxylic acids is 1. The minimum Gasteiger partial charge on any atom is -0.481 e. The monoisotopic (exact) mass is 402 g/mol. The SMILES string of the molecule is COC(=O)N(C1c2ccccc2-c2ccccc21)[C@@H](CC(=O)O)Cc1cccnc1. The fourth-order valence-corrected chi connectivity index (χ4v) is 4.26. The average Bonchev–Trinajstić information content (AvgIpc) is 3.09. The van der Waals surface area contributed by atoms with Crippen molar-refractivity contribution in [2.75, 3.05) is 7.11 Å². The molecular formula is C24H22N2O4. The number of amides is 1. The van der Waals surface area contributed by atoms with Gasteiger partial charge in [-0.3, -0.25) is 14.7 Å². The highest BCUT2D eigenvalue weighted by molar-refractivity contribution is 5.81. The standard InChI is InChI=1S/C24H22N2O4/c1-30-24(29)26(17(14-22(27)28)13-16-7-6-12-25-15-16)23-20-10-4-2-8-18(20)19-9-3-5-11-21(19)23/h2-12,15,17,23H,13-14H2,1H3,(H,27,28)/t17-/m1/s1. The Morgan fingerprint density at radius 1 is 1.03 bits per heavy atom. The largest absolute Gasteiger partial charge is 0.481 e. The van der Waals surface area contributed by atoms with E-state index in [0.717, 1.165) is 27.8 Å². The van der Waals surface area contributed by atoms with E-state index in [2.05, 4.69) is 4.98 Å². The Morgan fingerprint density at radius 3 is 2.20 bits per heavy atom. The number of pyridine rings is 1. The van der Waals surface area contributed by atoms with Crippen LogP contribution in [0.25, 0.3) is 11.1 Å². The Labute approximate surface area is 174 Å². The first-order valence-corrected chi connectivity index (χ1v) is 9.75. The Kier molecular flexibility index (Phi) is 5.48. The summed E-state index contributed by atoms with van der Waals surface area (Å²) in [7, 11) is 1.32. The van der Waals surface area contributed by atoms with Crippen molar-refractivity contribution in [3.63, 3.8) is 0 Å². The summed E-state index contributed by atoms with van der Waals surface area (Å²) in [5, 5.41) is 9.60. The molecule has 0 unspecified atom stereocenters. The second-order valence-electron chi connectivity index (χ2n) is 7.27. The van der Waals surface area contributed by atoms with Crippen molar-refractivity contribution in [3.05, 3.63) is 89.7 Å². The first kappa shape index (κ1) is 19.6. The molecule has 152 valence electrons. The van der Waals surface area contributed by atoms with Crippen molar-refractivity contribution in [3.8, 4) is 11.1 Å². The molecule has 3 aromatic rings. The Morgan fingerprint density at radius 2 is 1.67 bits per heavy atom. The third kappa shape index (κ3) is 3.64. The van der Waals surface area contributed by atoms with Crippen molar-refractivity contribution < 1.29 is 19.4 Å². The van der Waals surface area contributed by atoms with Crippen molar-refractivity contribution in [2.24, 2.45) is 0 Å². The summed E-state index contributed by atoms with van der Waals surface area (Å²) in [4.78, 5) is 30.5. The van der Waals surface area contributed by atoms with Crippen molar-refractivity contribution in [1.82, 2.24) is 9.88 Å². The summed E-state index contributed by atoms with van der Waals surface area (Å²) < 4.78 is 5.13. The molecule has 6 nitrogen and oxygen atoms in total. The zero-order valence-electron chi connectivity index (χ0n) is 16.6. The topological polar surface area (TPSA) is 79.7 Å². The second kappa shape index (κ2) is 8.37. The summed E-state index contributed by atoms with van der Waals surface area (Å²) in [5.74, 6) is -0.975. The fraction of sp³-hybridized carbons (Fsp3) is 0.208. The van der Waals surface area contributed by atoms with Gasteiger partial charge in [0.2, 0.25) is 0 Å². The van der Waals surface area contributed by atoms with Gasteiger partial charge < -0.3 is 9.84 Å². The molecule has 1 atom stereocenters. The van der Waals surface area contributed by atoms with Crippen LogP contribution in [0.3, 0.4) is 0 Å². The average molecular weight is 402 g/mol. The van der Waals surface area contributed by atoms with Gasteiger partial charge in [-0.05, 0) is 40.3 Å². The smallest absolute Gasteiger partial charge is 0.410 e. The van der Waals surface area contributed by atoms with Crippen LogP contribution in [0.5, 0.6) is 0 Å². The van der Waals surface area contributed by atoms with Gasteiger partial charge in [0, 0.05) is 12.4 Å². The Balaban J connectivity index is 1.83. The zero-order valence-corrected chi connectivity index (χ0v) is 16.6. The lowest BCUT2D eigenvalue weighted by Crippen LogP contribution is -2.45. The molecule has 0 saturated carbocycles. The number of aromatic nitrogens is 1. The van der Waals surface area contributed by atoms with Gasteiger partial charge in [-0.15, -0.1) is 0 Å². The molecule has 0 saturated heterocycles. The Hall–Kier alpha value is -3.67. The molecule has 30 heavy (non-hydrogen) atoms. The van der Waals surface area contributed by atoms with Crippen LogP contribution in [-0.4, -0.2) is 40.2 Å². The molecule has 0 fully saturated rings. The predicted octanol–water partition coefficient (Wildman–Crippen LogP) is 4.31. The second-order valence-corrected chi connectivity index (χ2v) is 7.27. The van der Waals surface area contributed by atoms with Gasteiger partial charge in [-0.2, -0.15) is 0 Å². The molecule has 1 heterocycles. The number of benzene rings is 2.